The van der Waals surface area contributed by atoms with Gasteiger partial charge in [-0.2, -0.15) is 11.8 Å². The predicted molar refractivity (Wildman–Crippen MR) is 169 cm³/mol. The zero-order valence-corrected chi connectivity index (χ0v) is 26.8. The first-order valence-corrected chi connectivity index (χ1v) is 18.5. The quantitative estimate of drug-likeness (QED) is 0.0721. The molecule has 0 saturated heterocycles. The summed E-state index contributed by atoms with van der Waals surface area (Å²) in [5.74, 6) is 3.00. The molecule has 0 spiro atoms. The average molecular weight is 547 g/mol. The second-order valence-electron chi connectivity index (χ2n) is 11.2. The Kier molecular flexibility index (Phi) is 30.6. The third-order valence-corrected chi connectivity index (χ3v) is 10.1. The van der Waals surface area contributed by atoms with Gasteiger partial charge in [-0.1, -0.05) is 134 Å². The van der Waals surface area contributed by atoms with Crippen molar-refractivity contribution in [3.05, 3.63) is 0 Å². The van der Waals surface area contributed by atoms with Crippen molar-refractivity contribution in [1.82, 2.24) is 10.2 Å². The maximum absolute atomic E-state index is 12.8. The lowest BCUT2D eigenvalue weighted by Crippen LogP contribution is -2.35. The Balaban J connectivity index is 3.91. The number of hydrogen-bond acceptors (Lipinski definition) is 4. The molecule has 2 atom stereocenters. The van der Waals surface area contributed by atoms with E-state index in [-0.39, 0.29) is 0 Å². The molecular formula is C31H66N2OS2. The molecule has 3 nitrogen and oxygen atoms in total. The van der Waals surface area contributed by atoms with Gasteiger partial charge < -0.3 is 14.8 Å². The maximum Gasteiger partial charge on any atom is 0.118 e. The fourth-order valence-corrected chi connectivity index (χ4v) is 7.62. The Hall–Kier alpha value is 0.580. The van der Waals surface area contributed by atoms with Crippen LogP contribution in [0.15, 0.2) is 0 Å². The van der Waals surface area contributed by atoms with Crippen molar-refractivity contribution in [2.75, 3.05) is 51.0 Å². The van der Waals surface area contributed by atoms with Crippen molar-refractivity contribution in [2.24, 2.45) is 0 Å². The van der Waals surface area contributed by atoms with Gasteiger partial charge in [0.25, 0.3) is 0 Å². The minimum Gasteiger partial charge on any atom is -0.616 e. The van der Waals surface area contributed by atoms with E-state index in [0.29, 0.717) is 5.25 Å². The smallest absolute Gasteiger partial charge is 0.118 e. The van der Waals surface area contributed by atoms with E-state index in [1.165, 1.54) is 128 Å². The SMILES string of the molecule is CCCCCCCCCCCCSC(CNCCN(C)C)C[S+]([O-])CCCCCCCCCCCC. The third-order valence-electron chi connectivity index (χ3n) is 7.06. The number of nitrogens with one attached hydrogen (secondary N) is 1. The molecule has 0 heterocycles. The normalized spacial score (nSPS) is 13.5. The van der Waals surface area contributed by atoms with Crippen molar-refractivity contribution < 1.29 is 4.55 Å². The summed E-state index contributed by atoms with van der Waals surface area (Å²) in [5, 5.41) is 4.12. The molecule has 1 N–H and O–H groups in total. The molecule has 0 aliphatic heterocycles. The van der Waals surface area contributed by atoms with E-state index >= 15 is 0 Å². The minimum absolute atomic E-state index is 0.495. The van der Waals surface area contributed by atoms with Gasteiger partial charge in [0.05, 0.1) is 5.25 Å². The molecule has 0 aliphatic carbocycles. The Morgan fingerprint density at radius 1 is 0.667 bits per heavy atom. The fraction of sp³-hybridized carbons (Fsp3) is 1.00. The Morgan fingerprint density at radius 2 is 1.11 bits per heavy atom. The standard InChI is InChI=1S/C31H66N2OS2/c1-5-7-9-11-13-15-17-19-21-23-27-35-31(29-32-25-26-33(3)4)30-36(34)28-24-22-20-18-16-14-12-10-8-6-2/h31-32H,5-30H2,1-4H3. The second-order valence-corrected chi connectivity index (χ2v) is 14.2. The highest BCUT2D eigenvalue weighted by molar-refractivity contribution is 8.01. The monoisotopic (exact) mass is 546 g/mol. The van der Waals surface area contributed by atoms with E-state index in [1.807, 2.05) is 0 Å². The average Bonchev–Trinajstić information content (AvgIpc) is 2.85. The van der Waals surface area contributed by atoms with Crippen LogP contribution in [0.2, 0.25) is 0 Å². The Morgan fingerprint density at radius 3 is 1.58 bits per heavy atom. The number of unbranched alkanes of at least 4 members (excludes halogenated alkanes) is 18. The highest BCUT2D eigenvalue weighted by Crippen LogP contribution is 2.18. The lowest BCUT2D eigenvalue weighted by molar-refractivity contribution is 0.401. The lowest BCUT2D eigenvalue weighted by atomic mass is 10.1. The first kappa shape index (κ1) is 36.6. The minimum atomic E-state index is -0.664. The van der Waals surface area contributed by atoms with Crippen LogP contribution in [-0.2, 0) is 11.2 Å². The summed E-state index contributed by atoms with van der Waals surface area (Å²) in [5.41, 5.74) is 0. The fourth-order valence-electron chi connectivity index (χ4n) is 4.61. The summed E-state index contributed by atoms with van der Waals surface area (Å²) in [6.45, 7) is 7.66. The summed E-state index contributed by atoms with van der Waals surface area (Å²) in [7, 11) is 4.25. The molecule has 5 heteroatoms. The largest absolute Gasteiger partial charge is 0.616 e. The molecule has 0 amide bonds. The van der Waals surface area contributed by atoms with E-state index in [1.54, 1.807) is 0 Å². The summed E-state index contributed by atoms with van der Waals surface area (Å²) >= 11 is 1.41. The van der Waals surface area contributed by atoms with Crippen molar-refractivity contribution in [1.29, 1.82) is 0 Å². The van der Waals surface area contributed by atoms with E-state index in [0.717, 1.165) is 37.6 Å². The van der Waals surface area contributed by atoms with Gasteiger partial charge in [0.15, 0.2) is 0 Å². The lowest BCUT2D eigenvalue weighted by Gasteiger charge is -2.20. The molecule has 0 bridgehead atoms. The highest BCUT2D eigenvalue weighted by Gasteiger charge is 2.17. The first-order valence-electron chi connectivity index (χ1n) is 15.9. The zero-order valence-electron chi connectivity index (χ0n) is 25.1. The molecule has 36 heavy (non-hydrogen) atoms. The van der Waals surface area contributed by atoms with Gasteiger partial charge in [-0.3, -0.25) is 0 Å². The van der Waals surface area contributed by atoms with Gasteiger partial charge in [0.1, 0.15) is 11.5 Å². The molecule has 218 valence electrons. The number of nitrogens with zero attached hydrogens (tertiary/aromatic N) is 1. The van der Waals surface area contributed by atoms with Crippen molar-refractivity contribution in [3.63, 3.8) is 0 Å². The van der Waals surface area contributed by atoms with Crippen LogP contribution in [0.5, 0.6) is 0 Å². The van der Waals surface area contributed by atoms with E-state index < -0.39 is 11.2 Å². The van der Waals surface area contributed by atoms with Crippen LogP contribution in [0, 0.1) is 0 Å². The highest BCUT2D eigenvalue weighted by atomic mass is 32.2. The van der Waals surface area contributed by atoms with Crippen LogP contribution in [0.4, 0.5) is 0 Å². The molecule has 0 aromatic carbocycles. The van der Waals surface area contributed by atoms with Gasteiger partial charge in [-0.15, -0.1) is 0 Å². The van der Waals surface area contributed by atoms with Crippen molar-refractivity contribution >= 4 is 22.9 Å². The van der Waals surface area contributed by atoms with Crippen LogP contribution in [0.1, 0.15) is 142 Å². The predicted octanol–water partition coefficient (Wildman–Crippen LogP) is 8.83. The van der Waals surface area contributed by atoms with Gasteiger partial charge >= 0.3 is 0 Å². The van der Waals surface area contributed by atoms with Gasteiger partial charge in [-0.05, 0) is 39.1 Å². The van der Waals surface area contributed by atoms with Gasteiger partial charge in [-0.25, -0.2) is 0 Å². The Bertz CT molecular complexity index is 412. The van der Waals surface area contributed by atoms with Crippen LogP contribution in [-0.4, -0.2) is 65.7 Å². The van der Waals surface area contributed by atoms with Crippen LogP contribution in [0.25, 0.3) is 0 Å². The summed E-state index contributed by atoms with van der Waals surface area (Å²) < 4.78 is 12.8. The first-order chi connectivity index (χ1) is 17.6. The molecule has 0 aromatic rings. The van der Waals surface area contributed by atoms with Crippen LogP contribution in [0.3, 0.4) is 0 Å². The second kappa shape index (κ2) is 30.1. The summed E-state index contributed by atoms with van der Waals surface area (Å²) in [4.78, 5) is 2.22. The number of likely N-dealkylation sites (N-methyl/N-ethyl adjacent to an activating group) is 1. The molecule has 0 radical (unpaired) electrons. The van der Waals surface area contributed by atoms with Gasteiger partial charge in [0, 0.05) is 19.6 Å². The molecule has 0 rings (SSSR count). The molecule has 0 fully saturated rings. The molecular weight excluding hydrogens is 480 g/mol. The van der Waals surface area contributed by atoms with E-state index in [4.69, 9.17) is 0 Å². The molecule has 0 aliphatic rings. The van der Waals surface area contributed by atoms with Crippen LogP contribution < -0.4 is 5.32 Å². The zero-order chi connectivity index (χ0) is 26.5. The Labute approximate surface area is 235 Å². The van der Waals surface area contributed by atoms with Gasteiger partial charge in [0.2, 0.25) is 0 Å². The number of thioether (sulfide) groups is 1. The van der Waals surface area contributed by atoms with E-state index in [2.05, 4.69) is 49.9 Å². The summed E-state index contributed by atoms with van der Waals surface area (Å²) in [6.07, 6.45) is 27.4. The van der Waals surface area contributed by atoms with E-state index in [9.17, 15) is 4.55 Å². The number of hydrogen-bond donors (Lipinski definition) is 1. The topological polar surface area (TPSA) is 38.3 Å². The maximum atomic E-state index is 12.8. The molecule has 2 unspecified atom stereocenters. The number of rotatable bonds is 30. The van der Waals surface area contributed by atoms with Crippen molar-refractivity contribution in [3.8, 4) is 0 Å². The summed E-state index contributed by atoms with van der Waals surface area (Å²) in [6, 6.07) is 0. The molecule has 0 saturated carbocycles. The third kappa shape index (κ3) is 29.1. The molecule has 0 aromatic heterocycles. The van der Waals surface area contributed by atoms with Crippen LogP contribution >= 0.6 is 11.8 Å². The van der Waals surface area contributed by atoms with Crippen molar-refractivity contribution in [2.45, 2.75) is 148 Å².